The number of nitrogen functional groups attached to an aromatic ring is 1. The minimum Gasteiger partial charge on any atom is -0.398 e. The fraction of sp³-hybridized carbons (Fsp3) is 0.333. The minimum atomic E-state index is -0.155. The zero-order valence-electron chi connectivity index (χ0n) is 12.1. The van der Waals surface area contributed by atoms with Gasteiger partial charge in [0.15, 0.2) is 0 Å². The highest BCUT2D eigenvalue weighted by Gasteiger charge is 2.11. The lowest BCUT2D eigenvalue weighted by Crippen LogP contribution is -2.24. The summed E-state index contributed by atoms with van der Waals surface area (Å²) in [6.45, 7) is 4.45. The van der Waals surface area contributed by atoms with Crippen molar-refractivity contribution in [3.63, 3.8) is 0 Å². The number of hydrogen-bond acceptors (Lipinski definition) is 3. The Labute approximate surface area is 118 Å². The molecule has 3 N–H and O–H groups in total. The molecule has 0 aliphatic rings. The van der Waals surface area contributed by atoms with Gasteiger partial charge in [-0.2, -0.15) is 5.10 Å². The van der Waals surface area contributed by atoms with E-state index in [1.54, 1.807) is 16.8 Å². The molecule has 0 unspecified atom stereocenters. The maximum Gasteiger partial charge on any atom is 0.253 e. The van der Waals surface area contributed by atoms with E-state index < -0.39 is 0 Å². The van der Waals surface area contributed by atoms with Crippen molar-refractivity contribution in [3.8, 4) is 0 Å². The van der Waals surface area contributed by atoms with E-state index in [0.29, 0.717) is 17.8 Å². The molecule has 20 heavy (non-hydrogen) atoms. The maximum absolute atomic E-state index is 12.2. The highest BCUT2D eigenvalue weighted by atomic mass is 16.1. The fourth-order valence-corrected chi connectivity index (χ4v) is 2.17. The summed E-state index contributed by atoms with van der Waals surface area (Å²) in [5.41, 5.74) is 9.91. The number of aryl methyl sites for hydroxylation is 3. The van der Waals surface area contributed by atoms with Gasteiger partial charge in [-0.1, -0.05) is 18.6 Å². The van der Waals surface area contributed by atoms with Crippen LogP contribution < -0.4 is 11.1 Å². The summed E-state index contributed by atoms with van der Waals surface area (Å²) in [5.74, 6) is -0.155. The van der Waals surface area contributed by atoms with Crippen molar-refractivity contribution < 1.29 is 4.79 Å². The predicted octanol–water partition coefficient (Wildman–Crippen LogP) is 1.80. The van der Waals surface area contributed by atoms with Gasteiger partial charge in [-0.3, -0.25) is 9.48 Å². The number of aromatic nitrogens is 2. The SMILES string of the molecule is CCc1nn(C)cc1CNC(=O)c1cc(C)ccc1N. The Morgan fingerprint density at radius 2 is 2.20 bits per heavy atom. The van der Waals surface area contributed by atoms with Gasteiger partial charge < -0.3 is 11.1 Å². The second kappa shape index (κ2) is 5.77. The second-order valence-corrected chi connectivity index (χ2v) is 4.90. The highest BCUT2D eigenvalue weighted by molar-refractivity contribution is 5.99. The van der Waals surface area contributed by atoms with Crippen molar-refractivity contribution in [1.29, 1.82) is 0 Å². The van der Waals surface area contributed by atoms with E-state index in [-0.39, 0.29) is 5.91 Å². The lowest BCUT2D eigenvalue weighted by atomic mass is 10.1. The third-order valence-corrected chi connectivity index (χ3v) is 3.22. The lowest BCUT2D eigenvalue weighted by molar-refractivity contribution is 0.0951. The van der Waals surface area contributed by atoms with Crippen LogP contribution in [0, 0.1) is 6.92 Å². The van der Waals surface area contributed by atoms with Crippen LogP contribution >= 0.6 is 0 Å². The molecule has 0 atom stereocenters. The van der Waals surface area contributed by atoms with Gasteiger partial charge in [0.05, 0.1) is 11.3 Å². The zero-order valence-corrected chi connectivity index (χ0v) is 12.1. The van der Waals surface area contributed by atoms with Crippen molar-refractivity contribution in [1.82, 2.24) is 15.1 Å². The van der Waals surface area contributed by atoms with E-state index in [4.69, 9.17) is 5.73 Å². The average molecular weight is 272 g/mol. The number of hydrogen-bond donors (Lipinski definition) is 2. The molecule has 0 aliphatic carbocycles. The third-order valence-electron chi connectivity index (χ3n) is 3.22. The number of nitrogens with one attached hydrogen (secondary N) is 1. The van der Waals surface area contributed by atoms with Crippen LogP contribution in [-0.2, 0) is 20.0 Å². The Balaban J connectivity index is 2.10. The van der Waals surface area contributed by atoms with Gasteiger partial charge in [0, 0.05) is 31.0 Å². The smallest absolute Gasteiger partial charge is 0.253 e. The minimum absolute atomic E-state index is 0.155. The predicted molar refractivity (Wildman–Crippen MR) is 79.3 cm³/mol. The first-order valence-corrected chi connectivity index (χ1v) is 6.67. The van der Waals surface area contributed by atoms with Gasteiger partial charge >= 0.3 is 0 Å². The summed E-state index contributed by atoms with van der Waals surface area (Å²) in [6.07, 6.45) is 2.78. The van der Waals surface area contributed by atoms with Crippen molar-refractivity contribution >= 4 is 11.6 Å². The molecular weight excluding hydrogens is 252 g/mol. The summed E-state index contributed by atoms with van der Waals surface area (Å²) >= 11 is 0. The molecule has 0 aliphatic heterocycles. The van der Waals surface area contributed by atoms with Crippen LogP contribution in [0.5, 0.6) is 0 Å². The summed E-state index contributed by atoms with van der Waals surface area (Å²) in [6, 6.07) is 5.45. The van der Waals surface area contributed by atoms with Gasteiger partial charge in [0.1, 0.15) is 0 Å². The van der Waals surface area contributed by atoms with Crippen LogP contribution in [0.15, 0.2) is 24.4 Å². The monoisotopic (exact) mass is 272 g/mol. The standard InChI is InChI=1S/C15H20N4O/c1-4-14-11(9-19(3)18-14)8-17-15(20)12-7-10(2)5-6-13(12)16/h5-7,9H,4,8,16H2,1-3H3,(H,17,20). The molecule has 5 heteroatoms. The van der Waals surface area contributed by atoms with Gasteiger partial charge in [0.25, 0.3) is 5.91 Å². The third kappa shape index (κ3) is 2.99. The second-order valence-electron chi connectivity index (χ2n) is 4.90. The van der Waals surface area contributed by atoms with Crippen molar-refractivity contribution in [2.75, 3.05) is 5.73 Å². The molecule has 0 radical (unpaired) electrons. The van der Waals surface area contributed by atoms with Crippen LogP contribution in [-0.4, -0.2) is 15.7 Å². The molecule has 2 aromatic rings. The van der Waals surface area contributed by atoms with Crippen LogP contribution in [0.2, 0.25) is 0 Å². The Kier molecular flexibility index (Phi) is 4.08. The molecule has 2 rings (SSSR count). The number of benzene rings is 1. The van der Waals surface area contributed by atoms with Crippen LogP contribution in [0.25, 0.3) is 0 Å². The fourth-order valence-electron chi connectivity index (χ4n) is 2.17. The molecule has 1 amide bonds. The summed E-state index contributed by atoms with van der Waals surface area (Å²) in [5, 5.41) is 7.25. The van der Waals surface area contributed by atoms with E-state index in [1.807, 2.05) is 33.2 Å². The van der Waals surface area contributed by atoms with Crippen molar-refractivity contribution in [2.45, 2.75) is 26.8 Å². The van der Waals surface area contributed by atoms with Gasteiger partial charge in [-0.05, 0) is 25.5 Å². The molecule has 0 fully saturated rings. The number of nitrogens with zero attached hydrogens (tertiary/aromatic N) is 2. The Morgan fingerprint density at radius 3 is 2.90 bits per heavy atom. The van der Waals surface area contributed by atoms with E-state index in [1.165, 1.54) is 0 Å². The lowest BCUT2D eigenvalue weighted by Gasteiger charge is -2.08. The molecule has 0 saturated carbocycles. The maximum atomic E-state index is 12.2. The number of rotatable bonds is 4. The molecule has 0 saturated heterocycles. The summed E-state index contributed by atoms with van der Waals surface area (Å²) in [4.78, 5) is 12.2. The molecular formula is C15H20N4O. The summed E-state index contributed by atoms with van der Waals surface area (Å²) in [7, 11) is 1.88. The Hall–Kier alpha value is -2.30. The van der Waals surface area contributed by atoms with Crippen molar-refractivity contribution in [2.24, 2.45) is 7.05 Å². The van der Waals surface area contributed by atoms with Gasteiger partial charge in [-0.25, -0.2) is 0 Å². The zero-order chi connectivity index (χ0) is 14.7. The number of amides is 1. The topological polar surface area (TPSA) is 72.9 Å². The van der Waals surface area contributed by atoms with E-state index in [2.05, 4.69) is 10.4 Å². The molecule has 0 bridgehead atoms. The van der Waals surface area contributed by atoms with Crippen LogP contribution in [0.4, 0.5) is 5.69 Å². The molecule has 106 valence electrons. The number of anilines is 1. The average Bonchev–Trinajstić information content (AvgIpc) is 2.79. The summed E-state index contributed by atoms with van der Waals surface area (Å²) < 4.78 is 1.77. The van der Waals surface area contributed by atoms with Crippen molar-refractivity contribution in [3.05, 3.63) is 46.8 Å². The van der Waals surface area contributed by atoms with Gasteiger partial charge in [-0.15, -0.1) is 0 Å². The normalized spacial score (nSPS) is 10.6. The highest BCUT2D eigenvalue weighted by Crippen LogP contribution is 2.14. The number of nitrogens with two attached hydrogens (primary N) is 1. The molecule has 5 nitrogen and oxygen atoms in total. The largest absolute Gasteiger partial charge is 0.398 e. The van der Waals surface area contributed by atoms with Crippen LogP contribution in [0.3, 0.4) is 0 Å². The Morgan fingerprint density at radius 1 is 1.45 bits per heavy atom. The number of carbonyl (C=O) groups is 1. The van der Waals surface area contributed by atoms with E-state index in [0.717, 1.165) is 23.2 Å². The molecule has 1 aromatic carbocycles. The quantitative estimate of drug-likeness (QED) is 0.834. The first-order valence-electron chi connectivity index (χ1n) is 6.67. The van der Waals surface area contributed by atoms with E-state index >= 15 is 0 Å². The van der Waals surface area contributed by atoms with Gasteiger partial charge in [0.2, 0.25) is 0 Å². The first kappa shape index (κ1) is 14.1. The molecule has 1 heterocycles. The van der Waals surface area contributed by atoms with Crippen LogP contribution in [0.1, 0.15) is 34.1 Å². The first-order chi connectivity index (χ1) is 9.51. The Bertz CT molecular complexity index is 631. The molecule has 1 aromatic heterocycles. The molecule has 0 spiro atoms. The van der Waals surface area contributed by atoms with E-state index in [9.17, 15) is 4.79 Å². The number of carbonyl (C=O) groups excluding carboxylic acids is 1.